The van der Waals surface area contributed by atoms with Crippen molar-refractivity contribution in [2.24, 2.45) is 0 Å². The van der Waals surface area contributed by atoms with E-state index in [1.165, 1.54) is 6.07 Å². The molecule has 1 aromatic heterocycles. The zero-order valence-corrected chi connectivity index (χ0v) is 10.0. The number of hydrogen-bond donors (Lipinski definition) is 1. The molecule has 0 aliphatic carbocycles. The number of benzene rings is 1. The van der Waals surface area contributed by atoms with E-state index in [9.17, 15) is 8.78 Å². The fourth-order valence-corrected chi connectivity index (χ4v) is 2.40. The maximum absolute atomic E-state index is 12.1. The second kappa shape index (κ2) is 4.65. The molecular formula is C8H5Cl2F2N3S. The van der Waals surface area contributed by atoms with E-state index in [1.807, 2.05) is 0 Å². The van der Waals surface area contributed by atoms with E-state index in [0.29, 0.717) is 21.7 Å². The van der Waals surface area contributed by atoms with E-state index >= 15 is 0 Å². The van der Waals surface area contributed by atoms with Crippen LogP contribution in [0.2, 0.25) is 10.0 Å². The van der Waals surface area contributed by atoms with Crippen LogP contribution >= 0.6 is 34.9 Å². The predicted molar refractivity (Wildman–Crippen MR) is 61.9 cm³/mol. The summed E-state index contributed by atoms with van der Waals surface area (Å²) in [6, 6.07) is 1.46. The molecule has 0 saturated carbocycles. The van der Waals surface area contributed by atoms with Gasteiger partial charge in [0, 0.05) is 0 Å². The Morgan fingerprint density at radius 1 is 1.25 bits per heavy atom. The van der Waals surface area contributed by atoms with Crippen molar-refractivity contribution in [1.29, 1.82) is 0 Å². The number of halogens is 4. The molecule has 3 nitrogen and oxygen atoms in total. The summed E-state index contributed by atoms with van der Waals surface area (Å²) < 4.78 is 32.1. The highest BCUT2D eigenvalue weighted by Gasteiger charge is 2.14. The van der Waals surface area contributed by atoms with Crippen molar-refractivity contribution in [3.63, 3.8) is 0 Å². The van der Waals surface area contributed by atoms with Gasteiger partial charge in [0.25, 0.3) is 6.43 Å². The molecule has 1 aromatic carbocycles. The Bertz CT molecular complexity index is 517. The summed E-state index contributed by atoms with van der Waals surface area (Å²) in [5.41, 5.74) is 1.23. The summed E-state index contributed by atoms with van der Waals surface area (Å²) in [6.07, 6.45) is -2.46. The van der Waals surface area contributed by atoms with Crippen molar-refractivity contribution < 1.29 is 8.78 Å². The highest BCUT2D eigenvalue weighted by molar-refractivity contribution is 7.00. The molecule has 0 aliphatic heterocycles. The minimum absolute atomic E-state index is 0.255. The predicted octanol–water partition coefficient (Wildman–Crippen LogP) is 3.68. The first kappa shape index (κ1) is 11.8. The molecule has 0 radical (unpaired) electrons. The summed E-state index contributed by atoms with van der Waals surface area (Å²) in [6.45, 7) is -0.492. The Morgan fingerprint density at radius 2 is 1.94 bits per heavy atom. The molecule has 0 spiro atoms. The van der Waals surface area contributed by atoms with E-state index in [4.69, 9.17) is 23.2 Å². The van der Waals surface area contributed by atoms with Crippen LogP contribution in [0.5, 0.6) is 0 Å². The monoisotopic (exact) mass is 283 g/mol. The number of alkyl halides is 2. The van der Waals surface area contributed by atoms with E-state index in [1.54, 1.807) is 0 Å². The van der Waals surface area contributed by atoms with E-state index < -0.39 is 13.0 Å². The fourth-order valence-electron chi connectivity index (χ4n) is 1.22. The fraction of sp³-hybridized carbons (Fsp3) is 0.250. The summed E-state index contributed by atoms with van der Waals surface area (Å²) in [5.74, 6) is 0. The van der Waals surface area contributed by atoms with Crippen LogP contribution in [0.1, 0.15) is 0 Å². The van der Waals surface area contributed by atoms with E-state index in [0.717, 1.165) is 11.7 Å². The van der Waals surface area contributed by atoms with Gasteiger partial charge in [-0.3, -0.25) is 0 Å². The normalized spacial score (nSPS) is 11.3. The van der Waals surface area contributed by atoms with Crippen LogP contribution < -0.4 is 5.32 Å². The Labute approximate surface area is 104 Å². The molecule has 86 valence electrons. The van der Waals surface area contributed by atoms with Gasteiger partial charge in [0.1, 0.15) is 11.0 Å². The van der Waals surface area contributed by atoms with Gasteiger partial charge in [-0.05, 0) is 6.07 Å². The van der Waals surface area contributed by atoms with Crippen molar-refractivity contribution in [3.05, 3.63) is 16.1 Å². The van der Waals surface area contributed by atoms with Crippen molar-refractivity contribution >= 4 is 51.7 Å². The summed E-state index contributed by atoms with van der Waals surface area (Å²) >= 11 is 12.7. The average molecular weight is 284 g/mol. The van der Waals surface area contributed by atoms with Gasteiger partial charge in [-0.15, -0.1) is 0 Å². The quantitative estimate of drug-likeness (QED) is 0.934. The van der Waals surface area contributed by atoms with Crippen LogP contribution in [0.25, 0.3) is 11.0 Å². The van der Waals surface area contributed by atoms with Gasteiger partial charge in [-0.2, -0.15) is 8.75 Å². The summed E-state index contributed by atoms with van der Waals surface area (Å²) in [4.78, 5) is 0. The van der Waals surface area contributed by atoms with Crippen LogP contribution in [-0.2, 0) is 0 Å². The van der Waals surface area contributed by atoms with Crippen LogP contribution in [-0.4, -0.2) is 21.7 Å². The Hall–Kier alpha value is -0.720. The number of nitrogens with one attached hydrogen (secondary N) is 1. The SMILES string of the molecule is FC(F)CNc1c(Cl)cc(Cl)c2nsnc12. The van der Waals surface area contributed by atoms with Gasteiger partial charge in [0.15, 0.2) is 0 Å². The summed E-state index contributed by atoms with van der Waals surface area (Å²) in [7, 11) is 0. The molecule has 0 bridgehead atoms. The van der Waals surface area contributed by atoms with Crippen LogP contribution in [0.3, 0.4) is 0 Å². The molecule has 0 unspecified atom stereocenters. The highest BCUT2D eigenvalue weighted by Crippen LogP contribution is 2.35. The van der Waals surface area contributed by atoms with Gasteiger partial charge in [0.05, 0.1) is 34.0 Å². The largest absolute Gasteiger partial charge is 0.376 e. The lowest BCUT2D eigenvalue weighted by atomic mass is 10.2. The number of hydrogen-bond acceptors (Lipinski definition) is 4. The van der Waals surface area contributed by atoms with Crippen LogP contribution in [0.4, 0.5) is 14.5 Å². The van der Waals surface area contributed by atoms with Gasteiger partial charge in [0.2, 0.25) is 0 Å². The first-order chi connectivity index (χ1) is 7.59. The molecule has 0 fully saturated rings. The zero-order valence-electron chi connectivity index (χ0n) is 7.68. The van der Waals surface area contributed by atoms with Gasteiger partial charge in [-0.1, -0.05) is 23.2 Å². The molecule has 0 aliphatic rings. The van der Waals surface area contributed by atoms with Crippen LogP contribution in [0.15, 0.2) is 6.07 Å². The standard InChI is InChI=1S/C8H5Cl2F2N3S/c9-3-1-4(10)7-8(15-16-14-7)6(3)13-2-5(11)12/h1,5,13H,2H2. The van der Waals surface area contributed by atoms with Crippen LogP contribution in [0, 0.1) is 0 Å². The maximum Gasteiger partial charge on any atom is 0.255 e. The lowest BCUT2D eigenvalue weighted by molar-refractivity contribution is 0.163. The molecule has 1 N–H and O–H groups in total. The highest BCUT2D eigenvalue weighted by atomic mass is 35.5. The molecule has 16 heavy (non-hydrogen) atoms. The molecular weight excluding hydrogens is 279 g/mol. The minimum Gasteiger partial charge on any atom is -0.376 e. The lowest BCUT2D eigenvalue weighted by Crippen LogP contribution is -2.10. The second-order valence-electron chi connectivity index (χ2n) is 2.95. The maximum atomic E-state index is 12.1. The van der Waals surface area contributed by atoms with E-state index in [-0.39, 0.29) is 5.02 Å². The van der Waals surface area contributed by atoms with Crippen molar-refractivity contribution in [2.45, 2.75) is 6.43 Å². The van der Waals surface area contributed by atoms with Crippen molar-refractivity contribution in [2.75, 3.05) is 11.9 Å². The van der Waals surface area contributed by atoms with E-state index in [2.05, 4.69) is 14.1 Å². The number of aromatic nitrogens is 2. The second-order valence-corrected chi connectivity index (χ2v) is 4.29. The first-order valence-electron chi connectivity index (χ1n) is 4.22. The number of fused-ring (bicyclic) bond motifs is 1. The Kier molecular flexibility index (Phi) is 3.41. The molecule has 0 atom stereocenters. The zero-order chi connectivity index (χ0) is 11.7. The average Bonchev–Trinajstić information content (AvgIpc) is 2.65. The van der Waals surface area contributed by atoms with Crippen molar-refractivity contribution in [3.8, 4) is 0 Å². The van der Waals surface area contributed by atoms with Gasteiger partial charge < -0.3 is 5.32 Å². The smallest absolute Gasteiger partial charge is 0.255 e. The topological polar surface area (TPSA) is 37.8 Å². The Morgan fingerprint density at radius 3 is 2.62 bits per heavy atom. The van der Waals surface area contributed by atoms with Gasteiger partial charge in [-0.25, -0.2) is 8.78 Å². The number of rotatable bonds is 3. The molecule has 0 saturated heterocycles. The molecule has 2 rings (SSSR count). The Balaban J connectivity index is 2.46. The van der Waals surface area contributed by atoms with Crippen molar-refractivity contribution in [1.82, 2.24) is 8.75 Å². The third-order valence-electron chi connectivity index (χ3n) is 1.88. The third kappa shape index (κ3) is 2.18. The third-order valence-corrected chi connectivity index (χ3v) is 2.99. The lowest BCUT2D eigenvalue weighted by Gasteiger charge is -2.08. The molecule has 1 heterocycles. The van der Waals surface area contributed by atoms with Gasteiger partial charge >= 0.3 is 0 Å². The number of nitrogens with zero attached hydrogens (tertiary/aromatic N) is 2. The molecule has 0 amide bonds. The minimum atomic E-state index is -2.46. The molecule has 8 heteroatoms. The molecule has 2 aromatic rings. The summed E-state index contributed by atoms with van der Waals surface area (Å²) in [5, 5.41) is 3.15. The first-order valence-corrected chi connectivity index (χ1v) is 5.70. The number of anilines is 1.